The molecule has 1 aromatic carbocycles. The maximum Gasteiger partial charge on any atom is 0.266 e. The largest absolute Gasteiger partial charge is 0.385 e. The highest BCUT2D eigenvalue weighted by atomic mass is 35.5. The number of aliphatic hydroxyl groups excluding tert-OH is 1. The number of rotatable bonds is 1. The molecule has 1 unspecified atom stereocenters. The molecular formula is C11H11Cl2NO2. The number of hydrogen-bond acceptors (Lipinski definition) is 2. The zero-order valence-corrected chi connectivity index (χ0v) is 10.2. The number of carbonyl (C=O) groups excluding carboxylic acids is 1. The minimum Gasteiger partial charge on any atom is -0.385 e. The summed E-state index contributed by atoms with van der Waals surface area (Å²) in [4.78, 5) is 13.4. The lowest BCUT2D eigenvalue weighted by Gasteiger charge is -2.38. The SMILES string of the molecule is CCN1C(=O)C(Cl)(Cl)C(O)c2ccccc21. The van der Waals surface area contributed by atoms with Gasteiger partial charge in [-0.25, -0.2) is 0 Å². The number of nitrogens with zero attached hydrogens (tertiary/aromatic N) is 1. The number of hydrogen-bond donors (Lipinski definition) is 1. The summed E-state index contributed by atoms with van der Waals surface area (Å²) in [6.07, 6.45) is -1.19. The van der Waals surface area contributed by atoms with Gasteiger partial charge in [-0.2, -0.15) is 0 Å². The van der Waals surface area contributed by atoms with Gasteiger partial charge in [0.25, 0.3) is 5.91 Å². The minimum absolute atomic E-state index is 0.462. The average molecular weight is 260 g/mol. The van der Waals surface area contributed by atoms with Crippen LogP contribution in [0.15, 0.2) is 24.3 Å². The molecule has 1 aromatic rings. The summed E-state index contributed by atoms with van der Waals surface area (Å²) in [5.74, 6) is -0.482. The molecule has 0 spiro atoms. The Morgan fingerprint density at radius 1 is 1.44 bits per heavy atom. The van der Waals surface area contributed by atoms with E-state index in [2.05, 4.69) is 0 Å². The molecule has 0 aromatic heterocycles. The van der Waals surface area contributed by atoms with E-state index in [1.165, 1.54) is 4.90 Å². The van der Waals surface area contributed by atoms with E-state index >= 15 is 0 Å². The van der Waals surface area contributed by atoms with Gasteiger partial charge in [0, 0.05) is 17.8 Å². The van der Waals surface area contributed by atoms with E-state index in [1.54, 1.807) is 24.3 Å². The van der Waals surface area contributed by atoms with E-state index in [-0.39, 0.29) is 0 Å². The zero-order valence-electron chi connectivity index (χ0n) is 8.65. The molecule has 1 aliphatic rings. The lowest BCUT2D eigenvalue weighted by molar-refractivity contribution is -0.122. The molecule has 2 rings (SSSR count). The van der Waals surface area contributed by atoms with E-state index in [1.807, 2.05) is 6.92 Å². The van der Waals surface area contributed by atoms with Crippen molar-refractivity contribution >= 4 is 34.8 Å². The van der Waals surface area contributed by atoms with Crippen LogP contribution in [0, 0.1) is 0 Å². The van der Waals surface area contributed by atoms with E-state index in [0.717, 1.165) is 0 Å². The Labute approximate surface area is 104 Å². The second kappa shape index (κ2) is 3.91. The van der Waals surface area contributed by atoms with E-state index in [9.17, 15) is 9.90 Å². The molecule has 5 heteroatoms. The smallest absolute Gasteiger partial charge is 0.266 e. The summed E-state index contributed by atoms with van der Waals surface area (Å²) in [7, 11) is 0. The summed E-state index contributed by atoms with van der Waals surface area (Å²) >= 11 is 11.8. The van der Waals surface area contributed by atoms with Crippen LogP contribution >= 0.6 is 23.2 Å². The van der Waals surface area contributed by atoms with Gasteiger partial charge in [0.2, 0.25) is 4.33 Å². The molecule has 1 aliphatic heterocycles. The number of amides is 1. The molecule has 0 fully saturated rings. The van der Waals surface area contributed by atoms with Crippen LogP contribution in [-0.4, -0.2) is 21.9 Å². The van der Waals surface area contributed by atoms with Gasteiger partial charge < -0.3 is 10.0 Å². The third-order valence-corrected chi connectivity index (χ3v) is 3.45. The van der Waals surface area contributed by atoms with Crippen LogP contribution in [0.25, 0.3) is 0 Å². The summed E-state index contributed by atoms with van der Waals surface area (Å²) in [5.41, 5.74) is 1.24. The highest BCUT2D eigenvalue weighted by Gasteiger charge is 2.49. The Morgan fingerprint density at radius 3 is 2.69 bits per heavy atom. The van der Waals surface area contributed by atoms with Gasteiger partial charge in [-0.05, 0) is 13.0 Å². The molecule has 16 heavy (non-hydrogen) atoms. The predicted molar refractivity (Wildman–Crippen MR) is 63.9 cm³/mol. The maximum atomic E-state index is 12.0. The molecular weight excluding hydrogens is 249 g/mol. The number of alkyl halides is 2. The number of carbonyl (C=O) groups is 1. The molecule has 0 saturated carbocycles. The quantitative estimate of drug-likeness (QED) is 0.787. The monoisotopic (exact) mass is 259 g/mol. The molecule has 0 saturated heterocycles. The second-order valence-corrected chi connectivity index (χ2v) is 5.02. The summed E-state index contributed by atoms with van der Waals surface area (Å²) < 4.78 is -1.80. The third-order valence-electron chi connectivity index (χ3n) is 2.71. The van der Waals surface area contributed by atoms with Crippen LogP contribution in [-0.2, 0) is 4.79 Å². The number of halogens is 2. The summed E-state index contributed by atoms with van der Waals surface area (Å²) in [6.45, 7) is 2.29. The van der Waals surface area contributed by atoms with Crippen LogP contribution in [0.1, 0.15) is 18.6 Å². The molecule has 0 aliphatic carbocycles. The molecule has 1 N–H and O–H groups in total. The van der Waals surface area contributed by atoms with Gasteiger partial charge >= 0.3 is 0 Å². The fraction of sp³-hybridized carbons (Fsp3) is 0.364. The first kappa shape index (κ1) is 11.7. The number of fused-ring (bicyclic) bond motifs is 1. The van der Waals surface area contributed by atoms with Crippen LogP contribution in [0.5, 0.6) is 0 Å². The standard InChI is InChI=1S/C11H11Cl2NO2/c1-2-14-8-6-4-3-5-7(8)9(15)11(12,13)10(14)16/h3-6,9,15H,2H2,1H3. The van der Waals surface area contributed by atoms with Crippen LogP contribution in [0.4, 0.5) is 5.69 Å². The van der Waals surface area contributed by atoms with E-state index < -0.39 is 16.3 Å². The first-order chi connectivity index (χ1) is 7.50. The molecule has 0 radical (unpaired) electrons. The first-order valence-electron chi connectivity index (χ1n) is 4.97. The van der Waals surface area contributed by atoms with Crippen molar-refractivity contribution in [2.45, 2.75) is 17.4 Å². The van der Waals surface area contributed by atoms with Crippen LogP contribution < -0.4 is 4.90 Å². The van der Waals surface area contributed by atoms with Crippen molar-refractivity contribution in [3.8, 4) is 0 Å². The fourth-order valence-electron chi connectivity index (χ4n) is 1.88. The first-order valence-corrected chi connectivity index (χ1v) is 5.72. The lowest BCUT2D eigenvalue weighted by Crippen LogP contribution is -2.50. The third kappa shape index (κ3) is 1.51. The van der Waals surface area contributed by atoms with Crippen molar-refractivity contribution < 1.29 is 9.90 Å². The fourth-order valence-corrected chi connectivity index (χ4v) is 2.32. The molecule has 1 amide bonds. The van der Waals surface area contributed by atoms with Crippen molar-refractivity contribution in [2.24, 2.45) is 0 Å². The molecule has 3 nitrogen and oxygen atoms in total. The molecule has 1 atom stereocenters. The van der Waals surface area contributed by atoms with Gasteiger partial charge in [-0.3, -0.25) is 4.79 Å². The average Bonchev–Trinajstić information content (AvgIpc) is 2.28. The molecule has 86 valence electrons. The van der Waals surface area contributed by atoms with Crippen molar-refractivity contribution in [1.29, 1.82) is 0 Å². The number of para-hydroxylation sites is 1. The Balaban J connectivity index is 2.62. The van der Waals surface area contributed by atoms with Gasteiger partial charge in [0.05, 0.1) is 0 Å². The second-order valence-electron chi connectivity index (χ2n) is 3.63. The van der Waals surface area contributed by atoms with Gasteiger partial charge in [0.1, 0.15) is 6.10 Å². The molecule has 1 heterocycles. The van der Waals surface area contributed by atoms with Crippen LogP contribution in [0.3, 0.4) is 0 Å². The van der Waals surface area contributed by atoms with Crippen molar-refractivity contribution in [1.82, 2.24) is 0 Å². The minimum atomic E-state index is -1.80. The Bertz CT molecular complexity index is 434. The summed E-state index contributed by atoms with van der Waals surface area (Å²) in [6, 6.07) is 7.06. The number of anilines is 1. The zero-order chi connectivity index (χ0) is 11.9. The number of aliphatic hydroxyl groups is 1. The maximum absolute atomic E-state index is 12.0. The van der Waals surface area contributed by atoms with Crippen molar-refractivity contribution in [2.75, 3.05) is 11.4 Å². The normalized spacial score (nSPS) is 23.1. The topological polar surface area (TPSA) is 40.5 Å². The highest BCUT2D eigenvalue weighted by molar-refractivity contribution is 6.60. The highest BCUT2D eigenvalue weighted by Crippen LogP contribution is 2.45. The Kier molecular flexibility index (Phi) is 2.86. The Morgan fingerprint density at radius 2 is 2.06 bits per heavy atom. The van der Waals surface area contributed by atoms with Gasteiger partial charge in [0.15, 0.2) is 0 Å². The van der Waals surface area contributed by atoms with Gasteiger partial charge in [-0.1, -0.05) is 41.4 Å². The predicted octanol–water partition coefficient (Wildman–Crippen LogP) is 2.26. The van der Waals surface area contributed by atoms with Crippen LogP contribution in [0.2, 0.25) is 0 Å². The molecule has 0 bridgehead atoms. The van der Waals surface area contributed by atoms with Crippen molar-refractivity contribution in [3.63, 3.8) is 0 Å². The van der Waals surface area contributed by atoms with E-state index in [0.29, 0.717) is 17.8 Å². The van der Waals surface area contributed by atoms with Gasteiger partial charge in [-0.15, -0.1) is 0 Å². The lowest BCUT2D eigenvalue weighted by atomic mass is 9.97. The number of benzene rings is 1. The Hall–Kier alpha value is -0.770. The van der Waals surface area contributed by atoms with Crippen molar-refractivity contribution in [3.05, 3.63) is 29.8 Å². The van der Waals surface area contributed by atoms with E-state index in [4.69, 9.17) is 23.2 Å². The summed E-state index contributed by atoms with van der Waals surface area (Å²) in [5, 5.41) is 9.96.